The molecule has 2 N–H and O–H groups in total. The Morgan fingerprint density at radius 2 is 2.05 bits per heavy atom. The number of sulfonamides is 1. The van der Waals surface area contributed by atoms with E-state index in [2.05, 4.69) is 10.0 Å². The van der Waals surface area contributed by atoms with Gasteiger partial charge in [0.1, 0.15) is 5.60 Å². The quantitative estimate of drug-likeness (QED) is 0.675. The molecule has 0 spiro atoms. The number of carbonyl (C=O) groups excluding carboxylic acids is 1. The van der Waals surface area contributed by atoms with E-state index in [1.165, 1.54) is 0 Å². The van der Waals surface area contributed by atoms with Crippen LogP contribution in [0.3, 0.4) is 0 Å². The lowest BCUT2D eigenvalue weighted by Gasteiger charge is -2.28. The van der Waals surface area contributed by atoms with Crippen LogP contribution in [0, 0.1) is 0 Å². The summed E-state index contributed by atoms with van der Waals surface area (Å²) in [7, 11) is -3.20. The summed E-state index contributed by atoms with van der Waals surface area (Å²) in [5.74, 6) is 0.0417. The van der Waals surface area contributed by atoms with Gasteiger partial charge in [0.05, 0.1) is 5.75 Å². The predicted molar refractivity (Wildman–Crippen MR) is 86.3 cm³/mol. The second kappa shape index (κ2) is 8.12. The van der Waals surface area contributed by atoms with Crippen molar-refractivity contribution in [3.63, 3.8) is 0 Å². The first-order valence-electron chi connectivity index (χ1n) is 7.82. The van der Waals surface area contributed by atoms with Crippen molar-refractivity contribution >= 4 is 16.1 Å². The van der Waals surface area contributed by atoms with Gasteiger partial charge < -0.3 is 15.0 Å². The van der Waals surface area contributed by atoms with Gasteiger partial charge in [-0.05, 0) is 33.6 Å². The van der Waals surface area contributed by atoms with Crippen LogP contribution in [-0.2, 0) is 14.8 Å². The smallest absolute Gasteiger partial charge is 0.410 e. The van der Waals surface area contributed by atoms with E-state index in [1.54, 1.807) is 11.8 Å². The molecule has 8 heteroatoms. The van der Waals surface area contributed by atoms with Gasteiger partial charge in [-0.3, -0.25) is 0 Å². The van der Waals surface area contributed by atoms with Crippen LogP contribution in [0.2, 0.25) is 0 Å². The molecule has 0 aromatic rings. The minimum absolute atomic E-state index is 0.0417. The topological polar surface area (TPSA) is 87.7 Å². The number of hydrogen-bond donors (Lipinski definition) is 2. The molecule has 1 rings (SSSR count). The molecule has 1 atom stereocenters. The molecule has 22 heavy (non-hydrogen) atoms. The molecule has 1 aliphatic heterocycles. The van der Waals surface area contributed by atoms with Gasteiger partial charge in [-0.25, -0.2) is 17.9 Å². The van der Waals surface area contributed by atoms with Gasteiger partial charge in [-0.2, -0.15) is 0 Å². The summed E-state index contributed by atoms with van der Waals surface area (Å²) >= 11 is 0. The fourth-order valence-corrected chi connectivity index (χ4v) is 3.37. The van der Waals surface area contributed by atoms with E-state index in [0.29, 0.717) is 26.2 Å². The van der Waals surface area contributed by atoms with Crippen molar-refractivity contribution in [2.75, 3.05) is 31.9 Å². The Balaban J connectivity index is 2.37. The number of nitrogens with one attached hydrogen (secondary N) is 2. The van der Waals surface area contributed by atoms with Crippen molar-refractivity contribution in [1.82, 2.24) is 14.9 Å². The third kappa shape index (κ3) is 6.93. The van der Waals surface area contributed by atoms with Gasteiger partial charge in [0.2, 0.25) is 10.0 Å². The van der Waals surface area contributed by atoms with Gasteiger partial charge in [0, 0.05) is 32.2 Å². The SMILES string of the molecule is CCNS(=O)(=O)CCNCC1CCCN1C(=O)OC(C)(C)C. The molecule has 1 heterocycles. The van der Waals surface area contributed by atoms with Gasteiger partial charge in [-0.1, -0.05) is 6.92 Å². The highest BCUT2D eigenvalue weighted by Crippen LogP contribution is 2.20. The zero-order valence-electron chi connectivity index (χ0n) is 14.0. The minimum Gasteiger partial charge on any atom is -0.444 e. The molecular weight excluding hydrogens is 306 g/mol. The van der Waals surface area contributed by atoms with Crippen LogP contribution in [0.25, 0.3) is 0 Å². The second-order valence-corrected chi connectivity index (χ2v) is 8.42. The Bertz CT molecular complexity index is 459. The molecule has 0 aromatic carbocycles. The second-order valence-electron chi connectivity index (χ2n) is 6.49. The highest BCUT2D eigenvalue weighted by molar-refractivity contribution is 7.89. The molecule has 0 aliphatic carbocycles. The van der Waals surface area contributed by atoms with Crippen molar-refractivity contribution < 1.29 is 17.9 Å². The highest BCUT2D eigenvalue weighted by Gasteiger charge is 2.31. The normalized spacial score (nSPS) is 19.5. The molecule has 130 valence electrons. The summed E-state index contributed by atoms with van der Waals surface area (Å²) in [6, 6.07) is 0.0664. The monoisotopic (exact) mass is 335 g/mol. The van der Waals surface area contributed by atoms with Crippen LogP contribution in [0.1, 0.15) is 40.5 Å². The molecule has 1 aliphatic rings. The average molecular weight is 335 g/mol. The summed E-state index contributed by atoms with van der Waals surface area (Å²) in [5, 5.41) is 3.12. The summed E-state index contributed by atoms with van der Waals surface area (Å²) < 4.78 is 30.9. The number of likely N-dealkylation sites (tertiary alicyclic amines) is 1. The van der Waals surface area contributed by atoms with Crippen molar-refractivity contribution in [3.05, 3.63) is 0 Å². The maximum Gasteiger partial charge on any atom is 0.410 e. The molecule has 1 fully saturated rings. The van der Waals surface area contributed by atoms with Gasteiger partial charge >= 0.3 is 6.09 Å². The van der Waals surface area contributed by atoms with E-state index >= 15 is 0 Å². The summed E-state index contributed by atoms with van der Waals surface area (Å²) in [5.41, 5.74) is -0.502. The third-order valence-corrected chi connectivity index (χ3v) is 4.77. The van der Waals surface area contributed by atoms with Crippen LogP contribution in [0.5, 0.6) is 0 Å². The average Bonchev–Trinajstić information content (AvgIpc) is 2.81. The van der Waals surface area contributed by atoms with Gasteiger partial charge in [0.15, 0.2) is 0 Å². The fraction of sp³-hybridized carbons (Fsp3) is 0.929. The predicted octanol–water partition coefficient (Wildman–Crippen LogP) is 0.915. The Kier molecular flexibility index (Phi) is 7.08. The molecule has 0 saturated carbocycles. The number of rotatable bonds is 7. The molecule has 1 unspecified atom stereocenters. The first-order valence-corrected chi connectivity index (χ1v) is 9.47. The van der Waals surface area contributed by atoms with E-state index in [9.17, 15) is 13.2 Å². The highest BCUT2D eigenvalue weighted by atomic mass is 32.2. The van der Waals surface area contributed by atoms with Crippen LogP contribution < -0.4 is 10.0 Å². The van der Waals surface area contributed by atoms with E-state index in [0.717, 1.165) is 12.8 Å². The Hall–Kier alpha value is -0.860. The van der Waals surface area contributed by atoms with E-state index in [1.807, 2.05) is 20.8 Å². The molecule has 1 amide bonds. The number of carbonyl (C=O) groups is 1. The van der Waals surface area contributed by atoms with E-state index < -0.39 is 15.6 Å². The Morgan fingerprint density at radius 1 is 1.36 bits per heavy atom. The third-order valence-electron chi connectivity index (χ3n) is 3.30. The van der Waals surface area contributed by atoms with Crippen LogP contribution in [0.4, 0.5) is 4.79 Å². The van der Waals surface area contributed by atoms with Gasteiger partial charge in [0.25, 0.3) is 0 Å². The van der Waals surface area contributed by atoms with Crippen molar-refractivity contribution in [2.45, 2.75) is 52.2 Å². The molecule has 0 radical (unpaired) electrons. The maximum absolute atomic E-state index is 12.1. The molecular formula is C14H29N3O4S. The van der Waals surface area contributed by atoms with E-state index in [-0.39, 0.29) is 17.9 Å². The zero-order valence-corrected chi connectivity index (χ0v) is 14.8. The molecule has 1 saturated heterocycles. The lowest BCUT2D eigenvalue weighted by molar-refractivity contribution is 0.0227. The summed E-state index contributed by atoms with van der Waals surface area (Å²) in [4.78, 5) is 13.9. The maximum atomic E-state index is 12.1. The lowest BCUT2D eigenvalue weighted by atomic mass is 10.2. The van der Waals surface area contributed by atoms with Crippen LogP contribution in [-0.4, -0.2) is 63.0 Å². The Morgan fingerprint density at radius 3 is 2.64 bits per heavy atom. The number of ether oxygens (including phenoxy) is 1. The fourth-order valence-electron chi connectivity index (χ4n) is 2.38. The number of amides is 1. The first-order chi connectivity index (χ1) is 10.1. The van der Waals surface area contributed by atoms with Crippen molar-refractivity contribution in [2.24, 2.45) is 0 Å². The largest absolute Gasteiger partial charge is 0.444 e. The minimum atomic E-state index is -3.20. The van der Waals surface area contributed by atoms with Crippen LogP contribution >= 0.6 is 0 Å². The molecule has 7 nitrogen and oxygen atoms in total. The number of nitrogens with zero attached hydrogens (tertiary/aromatic N) is 1. The summed E-state index contributed by atoms with van der Waals surface area (Å²) in [6.45, 7) is 9.34. The Labute approximate surface area is 133 Å². The lowest BCUT2D eigenvalue weighted by Crippen LogP contribution is -2.45. The molecule has 0 bridgehead atoms. The van der Waals surface area contributed by atoms with Crippen molar-refractivity contribution in [3.8, 4) is 0 Å². The van der Waals surface area contributed by atoms with E-state index in [4.69, 9.17) is 4.74 Å². The summed E-state index contributed by atoms with van der Waals surface area (Å²) in [6.07, 6.45) is 1.56. The van der Waals surface area contributed by atoms with Gasteiger partial charge in [-0.15, -0.1) is 0 Å². The zero-order chi connectivity index (χ0) is 16.8. The van der Waals surface area contributed by atoms with Crippen molar-refractivity contribution in [1.29, 1.82) is 0 Å². The number of hydrogen-bond acceptors (Lipinski definition) is 5. The first kappa shape index (κ1) is 19.2. The molecule has 0 aromatic heterocycles. The standard InChI is InChI=1S/C14H29N3O4S/c1-5-16-22(19,20)10-8-15-11-12-7-6-9-17(12)13(18)21-14(2,3)4/h12,15-16H,5-11H2,1-4H3. The van der Waals surface area contributed by atoms with Crippen LogP contribution in [0.15, 0.2) is 0 Å².